The van der Waals surface area contributed by atoms with Crippen molar-refractivity contribution >= 4 is 44.9 Å². The Hall–Kier alpha value is 0.936. The molecule has 0 bridgehead atoms. The van der Waals surface area contributed by atoms with Gasteiger partial charge in [-0.1, -0.05) is 0 Å². The van der Waals surface area contributed by atoms with Gasteiger partial charge >= 0.3 is 87.9 Å². The van der Waals surface area contributed by atoms with Crippen molar-refractivity contribution in [3.63, 3.8) is 0 Å². The second-order valence-corrected chi connectivity index (χ2v) is 21.2. The number of benzene rings is 1. The van der Waals surface area contributed by atoms with E-state index in [1.165, 1.54) is 5.75 Å². The van der Waals surface area contributed by atoms with Crippen LogP contribution in [0.2, 0.25) is 0 Å². The van der Waals surface area contributed by atoms with Gasteiger partial charge in [-0.3, -0.25) is 0 Å². The predicted octanol–water partition coefficient (Wildman–Crippen LogP) is 2.57. The van der Waals surface area contributed by atoms with Crippen molar-refractivity contribution in [2.45, 2.75) is 6.92 Å². The van der Waals surface area contributed by atoms with Gasteiger partial charge in [0.25, 0.3) is 0 Å². The van der Waals surface area contributed by atoms with Gasteiger partial charge in [-0.25, -0.2) is 0 Å². The molecule has 0 saturated heterocycles. The maximum absolute atomic E-state index is 2.66. The normalized spacial score (nSPS) is 9.64. The molecular formula is C8H10GaIS. The summed E-state index contributed by atoms with van der Waals surface area (Å²) in [6.07, 6.45) is 0. The number of hydrogen-bond acceptors (Lipinski definition) is 1. The van der Waals surface area contributed by atoms with Crippen LogP contribution >= 0.6 is 29.4 Å². The molecule has 0 fully saturated rings. The van der Waals surface area contributed by atoms with Gasteiger partial charge in [0.1, 0.15) is 0 Å². The third kappa shape index (κ3) is 3.44. The topological polar surface area (TPSA) is 0 Å². The van der Waals surface area contributed by atoms with Crippen molar-refractivity contribution in [1.82, 2.24) is 0 Å². The van der Waals surface area contributed by atoms with Crippen molar-refractivity contribution in [1.29, 1.82) is 0 Å². The summed E-state index contributed by atoms with van der Waals surface area (Å²) >= 11 is 1.53. The van der Waals surface area contributed by atoms with Gasteiger partial charge in [-0.05, 0) is 0 Å². The molecule has 0 aromatic heterocycles. The first-order valence-corrected chi connectivity index (χ1v) is 16.3. The van der Waals surface area contributed by atoms with E-state index in [9.17, 15) is 0 Å². The van der Waals surface area contributed by atoms with Crippen LogP contribution < -0.4 is 4.12 Å². The van der Waals surface area contributed by atoms with Crippen LogP contribution in [0, 0.1) is 0 Å². The molecule has 0 N–H and O–H groups in total. The summed E-state index contributed by atoms with van der Waals surface area (Å²) in [6, 6.07) is 10.9. The molecule has 3 heteroatoms. The standard InChI is InChI=1S/C6H5.C2H6S.Ga.HI/c1-2-4-6-5-3-1;1-2-3;;/h1-5H;3H,2H2,1H3;;1H/q;;+2;/p-2. The van der Waals surface area contributed by atoms with Gasteiger partial charge in [0, 0.05) is 0 Å². The molecule has 0 atom stereocenters. The van der Waals surface area contributed by atoms with Crippen molar-refractivity contribution in [3.05, 3.63) is 30.3 Å². The van der Waals surface area contributed by atoms with Gasteiger partial charge in [0.15, 0.2) is 0 Å². The molecule has 58 valence electrons. The molecule has 1 aromatic carbocycles. The minimum absolute atomic E-state index is 1.12. The molecule has 0 nitrogen and oxygen atoms in total. The van der Waals surface area contributed by atoms with Crippen molar-refractivity contribution in [3.8, 4) is 0 Å². The average Bonchev–Trinajstić information content (AvgIpc) is 2.07. The third-order valence-corrected chi connectivity index (χ3v) is 18.6. The zero-order chi connectivity index (χ0) is 8.10. The Bertz CT molecular complexity index is 203. The molecule has 0 aliphatic rings. The summed E-state index contributed by atoms with van der Waals surface area (Å²) in [5, 5.41) is 0. The molecule has 0 radical (unpaired) electrons. The molecule has 0 aliphatic carbocycles. The fraction of sp³-hybridized carbons (Fsp3) is 0.250. The Labute approximate surface area is 87.1 Å². The molecule has 0 spiro atoms. The van der Waals surface area contributed by atoms with Crippen LogP contribution in [-0.2, 0) is 0 Å². The quantitative estimate of drug-likeness (QED) is 0.605. The first-order valence-electron chi connectivity index (χ1n) is 3.65. The molecule has 0 amide bonds. The number of rotatable bonds is 3. The second-order valence-electron chi connectivity index (χ2n) is 2.18. The number of halogens is 1. The molecule has 0 heterocycles. The predicted molar refractivity (Wildman–Crippen MR) is 64.0 cm³/mol. The Morgan fingerprint density at radius 2 is 2.00 bits per heavy atom. The molecule has 1 rings (SSSR count). The Kier molecular flexibility index (Phi) is 5.06. The van der Waals surface area contributed by atoms with Crippen LogP contribution in [0.15, 0.2) is 30.3 Å². The molecule has 0 saturated carbocycles. The van der Waals surface area contributed by atoms with E-state index in [4.69, 9.17) is 0 Å². The molecule has 11 heavy (non-hydrogen) atoms. The molecule has 0 aliphatic heterocycles. The molecular weight excluding hydrogens is 325 g/mol. The van der Waals surface area contributed by atoms with E-state index in [1.807, 2.05) is 0 Å². The van der Waals surface area contributed by atoms with Gasteiger partial charge < -0.3 is 0 Å². The van der Waals surface area contributed by atoms with Gasteiger partial charge in [-0.2, -0.15) is 0 Å². The Balaban J connectivity index is 2.61. The summed E-state index contributed by atoms with van der Waals surface area (Å²) in [5.41, 5.74) is 0. The van der Waals surface area contributed by atoms with Crippen LogP contribution in [0.4, 0.5) is 0 Å². The fourth-order valence-electron chi connectivity index (χ4n) is 0.847. The first kappa shape index (κ1) is 10.0. The zero-order valence-electron chi connectivity index (χ0n) is 6.46. The first-order chi connectivity index (χ1) is 5.34. The van der Waals surface area contributed by atoms with Crippen molar-refractivity contribution in [2.24, 2.45) is 0 Å². The van der Waals surface area contributed by atoms with Gasteiger partial charge in [0.2, 0.25) is 0 Å². The maximum atomic E-state index is 2.66. The van der Waals surface area contributed by atoms with Crippen LogP contribution in [0.25, 0.3) is 0 Å². The van der Waals surface area contributed by atoms with E-state index >= 15 is 0 Å². The van der Waals surface area contributed by atoms with E-state index in [-0.39, 0.29) is 0 Å². The van der Waals surface area contributed by atoms with E-state index in [1.54, 1.807) is 4.12 Å². The Morgan fingerprint density at radius 3 is 2.55 bits per heavy atom. The summed E-state index contributed by atoms with van der Waals surface area (Å²) in [4.78, 5) is 0. The summed E-state index contributed by atoms with van der Waals surface area (Å²) in [5.74, 6) is 1.27. The van der Waals surface area contributed by atoms with Crippen molar-refractivity contribution < 1.29 is 0 Å². The summed E-state index contributed by atoms with van der Waals surface area (Å²) in [6.45, 7) is 2.24. The minimum atomic E-state index is -1.12. The van der Waals surface area contributed by atoms with Crippen LogP contribution in [0.3, 0.4) is 0 Å². The van der Waals surface area contributed by atoms with Gasteiger partial charge in [-0.15, -0.1) is 0 Å². The third-order valence-electron chi connectivity index (χ3n) is 1.37. The summed E-state index contributed by atoms with van der Waals surface area (Å²) < 4.78 is 1.60. The second kappa shape index (κ2) is 5.56. The monoisotopic (exact) mass is 334 g/mol. The van der Waals surface area contributed by atoms with Crippen LogP contribution in [0.1, 0.15) is 6.92 Å². The molecule has 0 unspecified atom stereocenters. The van der Waals surface area contributed by atoms with Gasteiger partial charge in [0.05, 0.1) is 0 Å². The van der Waals surface area contributed by atoms with E-state index < -0.39 is 11.4 Å². The van der Waals surface area contributed by atoms with Crippen LogP contribution in [0.5, 0.6) is 0 Å². The van der Waals surface area contributed by atoms with E-state index in [2.05, 4.69) is 66.6 Å². The molecule has 1 aromatic rings. The average molecular weight is 335 g/mol. The number of hydrogen-bond donors (Lipinski definition) is 0. The fourth-order valence-corrected chi connectivity index (χ4v) is 14.1. The zero-order valence-corrected chi connectivity index (χ0v) is 11.9. The van der Waals surface area contributed by atoms with Crippen LogP contribution in [-0.4, -0.2) is 17.2 Å². The van der Waals surface area contributed by atoms with E-state index in [0.717, 1.165) is 0 Å². The van der Waals surface area contributed by atoms with E-state index in [0.29, 0.717) is 0 Å². The Morgan fingerprint density at radius 1 is 1.36 bits per heavy atom. The SMILES string of the molecule is CC[S][Ga]([I])[c]1ccccc1. The van der Waals surface area contributed by atoms with Crippen molar-refractivity contribution in [2.75, 3.05) is 5.75 Å². The summed E-state index contributed by atoms with van der Waals surface area (Å²) in [7, 11) is 2.16.